The summed E-state index contributed by atoms with van der Waals surface area (Å²) < 4.78 is 37.3. The second-order valence-electron chi connectivity index (χ2n) is 6.21. The van der Waals surface area contributed by atoms with Crippen molar-refractivity contribution in [2.75, 3.05) is 18.8 Å². The van der Waals surface area contributed by atoms with Gasteiger partial charge in [-0.1, -0.05) is 6.07 Å². The molecule has 1 unspecified atom stereocenters. The number of nitrogens with two attached hydrogens (primary N) is 1. The number of hydrogen-bond donors (Lipinski definition) is 4. The Morgan fingerprint density at radius 3 is 2.85 bits per heavy atom. The zero-order chi connectivity index (χ0) is 18.7. The molecule has 1 aliphatic rings. The molecule has 2 heterocycles. The molecule has 0 saturated heterocycles. The van der Waals surface area contributed by atoms with Crippen LogP contribution in [0.1, 0.15) is 23.7 Å². The number of nitrogen functional groups attached to an aromatic ring is 1. The number of aliphatic hydroxyl groups is 1. The van der Waals surface area contributed by atoms with E-state index in [1.54, 1.807) is 24.4 Å². The summed E-state index contributed by atoms with van der Waals surface area (Å²) in [6.45, 7) is 0.888. The van der Waals surface area contributed by atoms with E-state index in [-0.39, 0.29) is 11.0 Å². The predicted molar refractivity (Wildman–Crippen MR) is 95.5 cm³/mol. The third-order valence-corrected chi connectivity index (χ3v) is 5.11. The lowest BCUT2D eigenvalue weighted by Crippen LogP contribution is -2.36. The Morgan fingerprint density at radius 2 is 2.15 bits per heavy atom. The number of fused-ring (bicyclic) bond motifs is 1. The molecule has 26 heavy (non-hydrogen) atoms. The fraction of sp³-hybridized carbons (Fsp3) is 0.353. The van der Waals surface area contributed by atoms with Gasteiger partial charge in [0.2, 0.25) is 0 Å². The Morgan fingerprint density at radius 1 is 1.35 bits per heavy atom. The molecule has 2 atom stereocenters. The normalized spacial score (nSPS) is 18.0. The van der Waals surface area contributed by atoms with Crippen LogP contribution < -0.4 is 15.8 Å². The number of aryl methyl sites for hydroxylation is 1. The maximum Gasteiger partial charge on any atom is 0.294 e. The molecular weight excluding hydrogens is 358 g/mol. The molecule has 0 saturated carbocycles. The number of pyridine rings is 1. The van der Waals surface area contributed by atoms with Crippen molar-refractivity contribution in [3.05, 3.63) is 47.7 Å². The van der Waals surface area contributed by atoms with Crippen molar-refractivity contribution in [1.82, 2.24) is 10.3 Å². The van der Waals surface area contributed by atoms with Crippen molar-refractivity contribution in [1.29, 1.82) is 0 Å². The molecular formula is C17H21N3O5S. The van der Waals surface area contributed by atoms with Gasteiger partial charge < -0.3 is 20.9 Å². The van der Waals surface area contributed by atoms with Gasteiger partial charge in [-0.15, -0.1) is 0 Å². The van der Waals surface area contributed by atoms with Crippen LogP contribution in [0.2, 0.25) is 0 Å². The smallest absolute Gasteiger partial charge is 0.294 e. The number of nitrogens with one attached hydrogen (secondary N) is 1. The van der Waals surface area contributed by atoms with Crippen LogP contribution in [0.4, 0.5) is 5.82 Å². The van der Waals surface area contributed by atoms with Crippen molar-refractivity contribution in [3.8, 4) is 5.75 Å². The highest BCUT2D eigenvalue weighted by atomic mass is 32.2. The minimum absolute atomic E-state index is 0.0872. The second-order valence-corrected chi connectivity index (χ2v) is 7.64. The van der Waals surface area contributed by atoms with Crippen LogP contribution in [0, 0.1) is 0 Å². The van der Waals surface area contributed by atoms with Crippen LogP contribution in [-0.2, 0) is 16.5 Å². The molecule has 9 heteroatoms. The first-order valence-electron chi connectivity index (χ1n) is 8.20. The van der Waals surface area contributed by atoms with Gasteiger partial charge in [-0.25, -0.2) is 4.98 Å². The number of ether oxygens (including phenoxy) is 1. The SMILES string of the molecule is Nc1ccc(C(O)CNC[C@H]2CCc3cc(S(=O)(=O)O)ccc3O2)cn1. The van der Waals surface area contributed by atoms with E-state index >= 15 is 0 Å². The van der Waals surface area contributed by atoms with Crippen LogP contribution in [0.15, 0.2) is 41.4 Å². The maximum atomic E-state index is 11.2. The van der Waals surface area contributed by atoms with Gasteiger partial charge in [0.15, 0.2) is 0 Å². The zero-order valence-electron chi connectivity index (χ0n) is 14.0. The van der Waals surface area contributed by atoms with Gasteiger partial charge in [0, 0.05) is 24.8 Å². The lowest BCUT2D eigenvalue weighted by atomic mass is 10.0. The molecule has 0 fully saturated rings. The molecule has 5 N–H and O–H groups in total. The van der Waals surface area contributed by atoms with E-state index in [1.807, 2.05) is 0 Å². The molecule has 140 valence electrons. The third-order valence-electron chi connectivity index (χ3n) is 4.26. The van der Waals surface area contributed by atoms with Crippen LogP contribution in [-0.4, -0.2) is 42.3 Å². The van der Waals surface area contributed by atoms with Gasteiger partial charge >= 0.3 is 0 Å². The topological polar surface area (TPSA) is 135 Å². The molecule has 0 radical (unpaired) electrons. The summed E-state index contributed by atoms with van der Waals surface area (Å²) in [5.41, 5.74) is 6.96. The van der Waals surface area contributed by atoms with E-state index in [0.717, 1.165) is 5.56 Å². The number of aliphatic hydroxyl groups excluding tert-OH is 1. The van der Waals surface area contributed by atoms with Crippen LogP contribution in [0.25, 0.3) is 0 Å². The van der Waals surface area contributed by atoms with E-state index in [2.05, 4.69) is 10.3 Å². The molecule has 0 amide bonds. The van der Waals surface area contributed by atoms with E-state index in [4.69, 9.17) is 15.0 Å². The van der Waals surface area contributed by atoms with Crippen molar-refractivity contribution in [3.63, 3.8) is 0 Å². The second kappa shape index (κ2) is 7.58. The Balaban J connectivity index is 1.52. The highest BCUT2D eigenvalue weighted by Gasteiger charge is 2.22. The predicted octanol–water partition coefficient (Wildman–Crippen LogP) is 0.927. The summed E-state index contributed by atoms with van der Waals surface area (Å²) in [5.74, 6) is 1.01. The molecule has 0 aliphatic carbocycles. The van der Waals surface area contributed by atoms with Gasteiger partial charge in [0.05, 0.1) is 11.0 Å². The Bertz CT molecular complexity index is 870. The Hall–Kier alpha value is -2.20. The molecule has 0 bridgehead atoms. The largest absolute Gasteiger partial charge is 0.489 e. The summed E-state index contributed by atoms with van der Waals surface area (Å²) in [4.78, 5) is 3.82. The summed E-state index contributed by atoms with van der Waals surface area (Å²) in [7, 11) is -4.21. The minimum atomic E-state index is -4.21. The lowest BCUT2D eigenvalue weighted by molar-refractivity contribution is 0.146. The Kier molecular flexibility index (Phi) is 5.42. The fourth-order valence-corrected chi connectivity index (χ4v) is 3.37. The summed E-state index contributed by atoms with van der Waals surface area (Å²) >= 11 is 0. The van der Waals surface area contributed by atoms with Crippen LogP contribution >= 0.6 is 0 Å². The van der Waals surface area contributed by atoms with Crippen LogP contribution in [0.3, 0.4) is 0 Å². The molecule has 2 aromatic rings. The summed E-state index contributed by atoms with van der Waals surface area (Å²) in [6, 6.07) is 7.68. The quantitative estimate of drug-likeness (QED) is 0.545. The number of nitrogens with zero attached hydrogens (tertiary/aromatic N) is 1. The average Bonchev–Trinajstić information content (AvgIpc) is 2.61. The molecule has 1 aromatic heterocycles. The van der Waals surface area contributed by atoms with Gasteiger partial charge in [0.1, 0.15) is 17.7 Å². The van der Waals surface area contributed by atoms with E-state index in [9.17, 15) is 13.5 Å². The average molecular weight is 379 g/mol. The monoisotopic (exact) mass is 379 g/mol. The van der Waals surface area contributed by atoms with Gasteiger partial charge in [0.25, 0.3) is 10.1 Å². The molecule has 8 nitrogen and oxygen atoms in total. The zero-order valence-corrected chi connectivity index (χ0v) is 14.8. The number of anilines is 1. The highest BCUT2D eigenvalue weighted by Crippen LogP contribution is 2.29. The first kappa shape index (κ1) is 18.6. The summed E-state index contributed by atoms with van der Waals surface area (Å²) in [5, 5.41) is 13.3. The van der Waals surface area contributed by atoms with E-state index in [1.165, 1.54) is 12.1 Å². The number of benzene rings is 1. The maximum absolute atomic E-state index is 11.2. The van der Waals surface area contributed by atoms with Crippen molar-refractivity contribution >= 4 is 15.9 Å². The standard InChI is InChI=1S/C17H21N3O5S/c18-17-6-2-12(8-20-17)15(21)10-19-9-13-3-1-11-7-14(26(22,23)24)4-5-16(11)25-13/h2,4-8,13,15,19,21H,1,3,9-10H2,(H2,18,20)(H,22,23,24)/t13-,15?/m1/s1. The van der Waals surface area contributed by atoms with Crippen molar-refractivity contribution < 1.29 is 22.8 Å². The minimum Gasteiger partial charge on any atom is -0.489 e. The number of hydrogen-bond acceptors (Lipinski definition) is 7. The van der Waals surface area contributed by atoms with Gasteiger partial charge in [-0.2, -0.15) is 8.42 Å². The lowest BCUT2D eigenvalue weighted by Gasteiger charge is -2.27. The van der Waals surface area contributed by atoms with Gasteiger partial charge in [-0.05, 0) is 42.7 Å². The number of aromatic nitrogens is 1. The van der Waals surface area contributed by atoms with Gasteiger partial charge in [-0.3, -0.25) is 4.55 Å². The van der Waals surface area contributed by atoms with Crippen molar-refractivity contribution in [2.45, 2.75) is 29.9 Å². The fourth-order valence-electron chi connectivity index (χ4n) is 2.84. The Labute approximate surface area is 151 Å². The summed E-state index contributed by atoms with van der Waals surface area (Å²) in [6.07, 6.45) is 2.11. The molecule has 1 aliphatic heterocycles. The van der Waals surface area contributed by atoms with E-state index in [0.29, 0.717) is 43.1 Å². The molecule has 0 spiro atoms. The van der Waals surface area contributed by atoms with Crippen LogP contribution in [0.5, 0.6) is 5.75 Å². The van der Waals surface area contributed by atoms with Crippen molar-refractivity contribution in [2.24, 2.45) is 0 Å². The molecule has 1 aromatic carbocycles. The number of rotatable bonds is 6. The molecule has 3 rings (SSSR count). The third kappa shape index (κ3) is 4.50. The first-order valence-corrected chi connectivity index (χ1v) is 9.64. The van der Waals surface area contributed by atoms with E-state index < -0.39 is 16.2 Å². The highest BCUT2D eigenvalue weighted by molar-refractivity contribution is 7.85. The first-order chi connectivity index (χ1) is 12.3.